The summed E-state index contributed by atoms with van der Waals surface area (Å²) in [6.07, 6.45) is 0.184. The molecule has 0 spiro atoms. The normalized spacial score (nSPS) is 20.5. The van der Waals surface area contributed by atoms with Gasteiger partial charge in [0.15, 0.2) is 18.0 Å². The van der Waals surface area contributed by atoms with E-state index in [0.717, 1.165) is 16.5 Å². The van der Waals surface area contributed by atoms with E-state index >= 15 is 0 Å². The fourth-order valence-electron chi connectivity index (χ4n) is 3.89. The average molecular weight is 348 g/mol. The highest BCUT2D eigenvalue weighted by atomic mass is 16.5. The Hall–Kier alpha value is -2.99. The van der Waals surface area contributed by atoms with Crippen molar-refractivity contribution in [3.63, 3.8) is 0 Å². The van der Waals surface area contributed by atoms with Gasteiger partial charge >= 0.3 is 0 Å². The lowest BCUT2D eigenvalue weighted by atomic mass is 9.85. The van der Waals surface area contributed by atoms with Gasteiger partial charge in [0.05, 0.1) is 23.4 Å². The van der Waals surface area contributed by atoms with E-state index in [4.69, 9.17) is 9.72 Å². The van der Waals surface area contributed by atoms with E-state index in [1.54, 1.807) is 17.6 Å². The molecule has 3 aromatic rings. The van der Waals surface area contributed by atoms with Crippen molar-refractivity contribution in [3.8, 4) is 17.1 Å². The third-order valence-electron chi connectivity index (χ3n) is 5.40. The van der Waals surface area contributed by atoms with Gasteiger partial charge in [-0.15, -0.1) is 0 Å². The number of Topliss-reactive ketones (excluding diaryl/α,β-unsaturated/α-hetero) is 1. The number of carbonyl (C=O) groups is 1. The minimum Gasteiger partial charge on any atom is -0.480 e. The summed E-state index contributed by atoms with van der Waals surface area (Å²) < 4.78 is 7.00. The Morgan fingerprint density at radius 1 is 1.27 bits per heavy atom. The number of aromatic nitrogens is 2. The molecule has 1 atom stereocenters. The molecule has 0 saturated carbocycles. The Morgan fingerprint density at radius 2 is 2.08 bits per heavy atom. The minimum absolute atomic E-state index is 0.0649. The van der Waals surface area contributed by atoms with Crippen molar-refractivity contribution in [1.29, 1.82) is 0 Å². The number of hydrogen-bond acceptors (Lipinski definition) is 5. The first kappa shape index (κ1) is 15.3. The first-order chi connectivity index (χ1) is 12.5. The summed E-state index contributed by atoms with van der Waals surface area (Å²) in [7, 11) is 0. The molecule has 2 aliphatic heterocycles. The predicted octanol–water partition coefficient (Wildman–Crippen LogP) is 1.98. The SMILES string of the molecule is CC[C@@]1(O)C(=O)COc2c1cc1n(c2=O)Cc2cc3ccccc3nc2-1. The van der Waals surface area contributed by atoms with Gasteiger partial charge in [-0.25, -0.2) is 4.98 Å². The summed E-state index contributed by atoms with van der Waals surface area (Å²) in [4.78, 5) is 29.9. The molecule has 26 heavy (non-hydrogen) atoms. The molecule has 2 aromatic heterocycles. The molecule has 5 rings (SSSR count). The summed E-state index contributed by atoms with van der Waals surface area (Å²) in [6, 6.07) is 11.5. The third-order valence-corrected chi connectivity index (χ3v) is 5.40. The molecule has 2 aliphatic rings. The first-order valence-electron chi connectivity index (χ1n) is 8.59. The fourth-order valence-corrected chi connectivity index (χ4v) is 3.89. The molecular weight excluding hydrogens is 332 g/mol. The number of pyridine rings is 2. The number of ether oxygens (including phenoxy) is 1. The largest absolute Gasteiger partial charge is 0.480 e. The summed E-state index contributed by atoms with van der Waals surface area (Å²) >= 11 is 0. The Kier molecular flexibility index (Phi) is 2.95. The van der Waals surface area contributed by atoms with Gasteiger partial charge in [-0.05, 0) is 24.6 Å². The van der Waals surface area contributed by atoms with E-state index in [9.17, 15) is 14.7 Å². The van der Waals surface area contributed by atoms with Crippen molar-refractivity contribution < 1.29 is 14.6 Å². The Balaban J connectivity index is 1.81. The van der Waals surface area contributed by atoms with E-state index in [0.29, 0.717) is 17.9 Å². The lowest BCUT2D eigenvalue weighted by molar-refractivity contribution is -0.143. The second-order valence-corrected chi connectivity index (χ2v) is 6.78. The van der Waals surface area contributed by atoms with Crippen LogP contribution in [0.3, 0.4) is 0 Å². The molecule has 0 fully saturated rings. The molecule has 0 radical (unpaired) electrons. The summed E-state index contributed by atoms with van der Waals surface area (Å²) in [5, 5.41) is 11.9. The second kappa shape index (κ2) is 5.02. The Labute approximate surface area is 148 Å². The van der Waals surface area contributed by atoms with Crippen molar-refractivity contribution in [2.24, 2.45) is 0 Å². The van der Waals surface area contributed by atoms with Crippen molar-refractivity contribution >= 4 is 16.7 Å². The number of para-hydroxylation sites is 1. The lowest BCUT2D eigenvalue weighted by Crippen LogP contribution is -2.45. The molecular formula is C20H16N2O4. The molecule has 0 aliphatic carbocycles. The highest BCUT2D eigenvalue weighted by Crippen LogP contribution is 2.40. The number of fused-ring (bicyclic) bond motifs is 5. The summed E-state index contributed by atoms with van der Waals surface area (Å²) in [5.74, 6) is -0.364. The number of ketones is 1. The molecule has 1 N–H and O–H groups in total. The number of rotatable bonds is 1. The Morgan fingerprint density at radius 3 is 2.88 bits per heavy atom. The van der Waals surface area contributed by atoms with E-state index in [1.165, 1.54) is 0 Å². The van der Waals surface area contributed by atoms with Crippen LogP contribution in [0.1, 0.15) is 24.5 Å². The maximum Gasteiger partial charge on any atom is 0.294 e. The monoisotopic (exact) mass is 348 g/mol. The van der Waals surface area contributed by atoms with Crippen LogP contribution in [0.25, 0.3) is 22.3 Å². The van der Waals surface area contributed by atoms with Crippen LogP contribution in [0, 0.1) is 0 Å². The predicted molar refractivity (Wildman–Crippen MR) is 95.2 cm³/mol. The van der Waals surface area contributed by atoms with Crippen molar-refractivity contribution in [2.75, 3.05) is 6.61 Å². The lowest BCUT2D eigenvalue weighted by Gasteiger charge is -2.32. The van der Waals surface area contributed by atoms with E-state index < -0.39 is 11.4 Å². The van der Waals surface area contributed by atoms with Gasteiger partial charge in [0.25, 0.3) is 5.56 Å². The quantitative estimate of drug-likeness (QED) is 0.569. The zero-order chi connectivity index (χ0) is 18.1. The van der Waals surface area contributed by atoms with Crippen LogP contribution in [0.5, 0.6) is 5.75 Å². The standard InChI is InChI=1S/C20H16N2O4/c1-2-20(25)13-8-15-17-12(7-11-5-3-4-6-14(11)21-17)9-22(15)19(24)18(13)26-10-16(20)23/h3-8,25H,2,9-10H2,1H3/t20-/m0/s1. The van der Waals surface area contributed by atoms with Crippen molar-refractivity contribution in [3.05, 3.63) is 57.9 Å². The summed E-state index contributed by atoms with van der Waals surface area (Å²) in [6.45, 7) is 1.83. The highest BCUT2D eigenvalue weighted by molar-refractivity contribution is 5.92. The van der Waals surface area contributed by atoms with Crippen molar-refractivity contribution in [2.45, 2.75) is 25.5 Å². The smallest absolute Gasteiger partial charge is 0.294 e. The van der Waals surface area contributed by atoms with E-state index in [2.05, 4.69) is 0 Å². The number of benzene rings is 1. The molecule has 130 valence electrons. The molecule has 0 unspecified atom stereocenters. The van der Waals surface area contributed by atoms with Gasteiger partial charge in [-0.2, -0.15) is 0 Å². The molecule has 6 heteroatoms. The van der Waals surface area contributed by atoms with Gasteiger partial charge in [0.1, 0.15) is 0 Å². The number of carbonyl (C=O) groups excluding carboxylic acids is 1. The van der Waals surface area contributed by atoms with Gasteiger partial charge in [0, 0.05) is 16.5 Å². The maximum absolute atomic E-state index is 13.0. The zero-order valence-corrected chi connectivity index (χ0v) is 14.2. The van der Waals surface area contributed by atoms with Crippen LogP contribution in [0.15, 0.2) is 41.2 Å². The van der Waals surface area contributed by atoms with E-state index in [1.807, 2.05) is 30.3 Å². The van der Waals surface area contributed by atoms with E-state index in [-0.39, 0.29) is 29.9 Å². The topological polar surface area (TPSA) is 81.4 Å². The van der Waals surface area contributed by atoms with Crippen LogP contribution >= 0.6 is 0 Å². The third kappa shape index (κ3) is 1.82. The van der Waals surface area contributed by atoms with Crippen LogP contribution in [-0.4, -0.2) is 27.0 Å². The number of hydrogen-bond donors (Lipinski definition) is 1. The van der Waals surface area contributed by atoms with Crippen molar-refractivity contribution in [1.82, 2.24) is 9.55 Å². The fraction of sp³-hybridized carbons (Fsp3) is 0.250. The second-order valence-electron chi connectivity index (χ2n) is 6.78. The zero-order valence-electron chi connectivity index (χ0n) is 14.2. The van der Waals surface area contributed by atoms with Crippen LogP contribution < -0.4 is 10.3 Å². The molecule has 0 saturated heterocycles. The molecule has 0 bridgehead atoms. The molecule has 6 nitrogen and oxygen atoms in total. The molecule has 1 aromatic carbocycles. The van der Waals surface area contributed by atoms with Crippen LogP contribution in [0.4, 0.5) is 0 Å². The maximum atomic E-state index is 13.0. The highest BCUT2D eigenvalue weighted by Gasteiger charge is 2.44. The number of nitrogens with zero attached hydrogens (tertiary/aromatic N) is 2. The Bertz CT molecular complexity index is 1160. The van der Waals surface area contributed by atoms with Crippen LogP contribution in [-0.2, 0) is 16.9 Å². The molecule has 4 heterocycles. The average Bonchev–Trinajstić information content (AvgIpc) is 3.01. The van der Waals surface area contributed by atoms with Crippen LogP contribution in [0.2, 0.25) is 0 Å². The summed E-state index contributed by atoms with van der Waals surface area (Å²) in [5.41, 5.74) is 1.31. The number of aliphatic hydroxyl groups is 1. The molecule has 0 amide bonds. The van der Waals surface area contributed by atoms with Gasteiger partial charge < -0.3 is 9.84 Å². The van der Waals surface area contributed by atoms with Gasteiger partial charge in [-0.1, -0.05) is 25.1 Å². The minimum atomic E-state index is -1.69. The van der Waals surface area contributed by atoms with Gasteiger partial charge in [-0.3, -0.25) is 14.2 Å². The van der Waals surface area contributed by atoms with Gasteiger partial charge in [0.2, 0.25) is 5.78 Å². The first-order valence-corrected chi connectivity index (χ1v) is 8.59.